The number of halogens is 3. The first-order valence-corrected chi connectivity index (χ1v) is 9.64. The minimum atomic E-state index is -4.46. The molecule has 0 aromatic carbocycles. The second-order valence-corrected chi connectivity index (χ2v) is 8.99. The van der Waals surface area contributed by atoms with Gasteiger partial charge in [0.05, 0.1) is 18.8 Å². The van der Waals surface area contributed by atoms with Crippen molar-refractivity contribution in [1.29, 1.82) is 0 Å². The van der Waals surface area contributed by atoms with E-state index in [0.717, 1.165) is 38.4 Å². The predicted octanol–water partition coefficient (Wildman–Crippen LogP) is 3.63. The van der Waals surface area contributed by atoms with Gasteiger partial charge in [-0.15, -0.1) is 11.3 Å². The molecular formula is C14H16F3N3OS2. The van der Waals surface area contributed by atoms with Gasteiger partial charge in [-0.3, -0.25) is 5.10 Å². The number of hydrogen-bond donors (Lipinski definition) is 1. The Morgan fingerprint density at radius 2 is 1.96 bits per heavy atom. The molecule has 2 aromatic rings. The molecule has 23 heavy (non-hydrogen) atoms. The number of H-pyrrole nitrogens is 1. The van der Waals surface area contributed by atoms with Gasteiger partial charge in [-0.25, -0.2) is 8.51 Å². The number of nitrogens with one attached hydrogen (secondary N) is 1. The molecular weight excluding hydrogens is 347 g/mol. The molecule has 2 aromatic heterocycles. The largest absolute Gasteiger partial charge is 0.432 e. The first-order chi connectivity index (χ1) is 10.8. The van der Waals surface area contributed by atoms with E-state index in [-0.39, 0.29) is 5.69 Å². The third-order valence-electron chi connectivity index (χ3n) is 3.76. The highest BCUT2D eigenvalue weighted by atomic mass is 32.2. The Bertz CT molecular complexity index is 786. The Morgan fingerprint density at radius 3 is 2.57 bits per heavy atom. The average Bonchev–Trinajstić information content (AvgIpc) is 3.16. The van der Waals surface area contributed by atoms with E-state index in [1.165, 1.54) is 11.3 Å². The smallest absolute Gasteiger partial charge is 0.273 e. The topological polar surface area (TPSA) is 49.0 Å². The van der Waals surface area contributed by atoms with E-state index in [9.17, 15) is 17.4 Å². The number of aromatic amines is 1. The molecule has 1 atom stereocenters. The summed E-state index contributed by atoms with van der Waals surface area (Å²) in [6.07, 6.45) is -1.37. The van der Waals surface area contributed by atoms with Gasteiger partial charge in [-0.05, 0) is 36.9 Å². The van der Waals surface area contributed by atoms with E-state index in [4.69, 9.17) is 0 Å². The summed E-state index contributed by atoms with van der Waals surface area (Å²) in [5, 5.41) is 5.69. The Balaban J connectivity index is 1.87. The lowest BCUT2D eigenvalue weighted by atomic mass is 10.2. The molecule has 0 spiro atoms. The quantitative estimate of drug-likeness (QED) is 0.847. The number of nitrogens with zero attached hydrogens (tertiary/aromatic N) is 2. The van der Waals surface area contributed by atoms with Crippen molar-refractivity contribution in [3.05, 3.63) is 23.9 Å². The minimum absolute atomic E-state index is 0.197. The maximum Gasteiger partial charge on any atom is 0.432 e. The van der Waals surface area contributed by atoms with Crippen LogP contribution in [0.1, 0.15) is 25.0 Å². The summed E-state index contributed by atoms with van der Waals surface area (Å²) in [4.78, 5) is 0.542. The highest BCUT2D eigenvalue weighted by Gasteiger charge is 2.33. The third kappa shape index (κ3) is 3.31. The molecule has 1 aliphatic heterocycles. The highest BCUT2D eigenvalue weighted by molar-refractivity contribution is 8.00. The van der Waals surface area contributed by atoms with Crippen LogP contribution >= 0.6 is 11.3 Å². The molecule has 0 bridgehead atoms. The number of alkyl halides is 3. The first-order valence-electron chi connectivity index (χ1n) is 7.13. The molecule has 0 amide bonds. The Morgan fingerprint density at radius 1 is 1.26 bits per heavy atom. The van der Waals surface area contributed by atoms with E-state index in [0.29, 0.717) is 9.09 Å². The number of aromatic nitrogens is 2. The molecule has 1 N–H and O–H groups in total. The van der Waals surface area contributed by atoms with Gasteiger partial charge in [-0.1, -0.05) is 6.42 Å². The fourth-order valence-electron chi connectivity index (χ4n) is 2.51. The van der Waals surface area contributed by atoms with Crippen molar-refractivity contribution in [3.63, 3.8) is 0 Å². The molecule has 1 fully saturated rings. The second-order valence-electron chi connectivity index (χ2n) is 5.41. The zero-order valence-electron chi connectivity index (χ0n) is 12.2. The van der Waals surface area contributed by atoms with Crippen LogP contribution < -0.4 is 0 Å². The van der Waals surface area contributed by atoms with Crippen molar-refractivity contribution in [3.8, 4) is 10.6 Å². The highest BCUT2D eigenvalue weighted by Crippen LogP contribution is 2.35. The summed E-state index contributed by atoms with van der Waals surface area (Å²) in [7, 11) is -2.58. The molecule has 126 valence electrons. The number of rotatable bonds is 3. The maximum absolute atomic E-state index is 13.0. The molecule has 4 nitrogen and oxygen atoms in total. The SMILES string of the molecule is C=S(=O)(c1ccc(-c2cc(C(F)(F)F)[nH]n2)s1)N1CCCCC1. The molecule has 0 aliphatic carbocycles. The maximum atomic E-state index is 13.0. The standard InChI is InChI=1S/C14H16F3N3OS2/c1-23(21,20-7-3-2-4-8-20)13-6-5-11(22-13)10-9-12(19-18-10)14(15,16)17/h5-6,9H,1-4,7-8H2,(H,18,19). The molecule has 1 unspecified atom stereocenters. The van der Waals surface area contributed by atoms with Crippen LogP contribution in [0.4, 0.5) is 13.2 Å². The molecule has 1 aliphatic rings. The van der Waals surface area contributed by atoms with Crippen LogP contribution in [-0.4, -0.2) is 37.7 Å². The monoisotopic (exact) mass is 363 g/mol. The van der Waals surface area contributed by atoms with Crippen LogP contribution in [0.3, 0.4) is 0 Å². The fraction of sp³-hybridized carbons (Fsp3) is 0.429. The van der Waals surface area contributed by atoms with E-state index in [2.05, 4.69) is 11.0 Å². The summed E-state index contributed by atoms with van der Waals surface area (Å²) in [6.45, 7) is 1.46. The van der Waals surface area contributed by atoms with Gasteiger partial charge in [-0.2, -0.15) is 18.3 Å². The average molecular weight is 363 g/mol. The van der Waals surface area contributed by atoms with Crippen molar-refractivity contribution in [2.75, 3.05) is 13.1 Å². The van der Waals surface area contributed by atoms with Gasteiger partial charge in [0, 0.05) is 13.1 Å². The fourth-order valence-corrected chi connectivity index (χ4v) is 5.70. The zero-order valence-corrected chi connectivity index (χ0v) is 13.9. The van der Waals surface area contributed by atoms with Crippen molar-refractivity contribution < 1.29 is 17.4 Å². The normalized spacial score (nSPS) is 19.6. The Hall–Kier alpha value is -1.32. The molecule has 9 heteroatoms. The molecule has 1 saturated heterocycles. The lowest BCUT2D eigenvalue weighted by molar-refractivity contribution is -0.141. The van der Waals surface area contributed by atoms with Crippen molar-refractivity contribution in [1.82, 2.24) is 14.5 Å². The lowest BCUT2D eigenvalue weighted by Gasteiger charge is -2.28. The van der Waals surface area contributed by atoms with Crippen LogP contribution in [0.15, 0.2) is 22.4 Å². The number of hydrogen-bond acceptors (Lipinski definition) is 3. The number of thiophene rings is 1. The number of piperidine rings is 1. The van der Waals surface area contributed by atoms with Crippen LogP contribution in [0.2, 0.25) is 0 Å². The minimum Gasteiger partial charge on any atom is -0.273 e. The summed E-state index contributed by atoms with van der Waals surface area (Å²) >= 11 is 1.18. The summed E-state index contributed by atoms with van der Waals surface area (Å²) in [6, 6.07) is 4.28. The Labute approximate surface area is 136 Å². The second kappa shape index (κ2) is 5.95. The summed E-state index contributed by atoms with van der Waals surface area (Å²) in [5.41, 5.74) is -0.698. The van der Waals surface area contributed by atoms with Crippen molar-refractivity contribution >= 4 is 26.9 Å². The van der Waals surface area contributed by atoms with Gasteiger partial charge in [0.25, 0.3) is 0 Å². The van der Waals surface area contributed by atoms with Crippen LogP contribution in [-0.2, 0) is 15.9 Å². The van der Waals surface area contributed by atoms with Crippen molar-refractivity contribution in [2.45, 2.75) is 29.6 Å². The van der Waals surface area contributed by atoms with Crippen LogP contribution in [0.5, 0.6) is 0 Å². The van der Waals surface area contributed by atoms with Crippen molar-refractivity contribution in [2.24, 2.45) is 0 Å². The van der Waals surface area contributed by atoms with Gasteiger partial charge < -0.3 is 0 Å². The molecule has 0 saturated carbocycles. The van der Waals surface area contributed by atoms with E-state index < -0.39 is 21.6 Å². The van der Waals surface area contributed by atoms with E-state index in [1.807, 2.05) is 9.40 Å². The summed E-state index contributed by atoms with van der Waals surface area (Å²) < 4.78 is 53.3. The zero-order chi connectivity index (χ0) is 16.7. The summed E-state index contributed by atoms with van der Waals surface area (Å²) in [5.74, 6) is 3.87. The van der Waals surface area contributed by atoms with Gasteiger partial charge in [0.2, 0.25) is 0 Å². The van der Waals surface area contributed by atoms with Crippen LogP contribution in [0.25, 0.3) is 10.6 Å². The first kappa shape index (κ1) is 16.5. The molecule has 3 rings (SSSR count). The van der Waals surface area contributed by atoms with E-state index >= 15 is 0 Å². The Kier molecular flexibility index (Phi) is 4.28. The molecule has 3 heterocycles. The molecule has 0 radical (unpaired) electrons. The van der Waals surface area contributed by atoms with Gasteiger partial charge >= 0.3 is 6.18 Å². The lowest BCUT2D eigenvalue weighted by Crippen LogP contribution is -2.35. The van der Waals surface area contributed by atoms with Crippen LogP contribution in [0, 0.1) is 0 Å². The predicted molar refractivity (Wildman–Crippen MR) is 85.9 cm³/mol. The van der Waals surface area contributed by atoms with Gasteiger partial charge in [0.15, 0.2) is 0 Å². The van der Waals surface area contributed by atoms with Gasteiger partial charge in [0.1, 0.15) is 11.4 Å². The van der Waals surface area contributed by atoms with E-state index in [1.54, 1.807) is 12.1 Å². The third-order valence-corrected chi connectivity index (χ3v) is 7.66.